The molecule has 3 aromatic rings. The third-order valence-electron chi connectivity index (χ3n) is 2.12. The van der Waals surface area contributed by atoms with Gasteiger partial charge in [0.1, 0.15) is 4.88 Å². The van der Waals surface area contributed by atoms with Gasteiger partial charge in [0.25, 0.3) is 0 Å². The molecule has 80 valence electrons. The largest absolute Gasteiger partial charge is 0.481 e. The Morgan fingerprint density at radius 2 is 2.25 bits per heavy atom. The summed E-state index contributed by atoms with van der Waals surface area (Å²) in [5.74, 6) is 1.28. The summed E-state index contributed by atoms with van der Waals surface area (Å²) in [5, 5.41) is 3.77. The van der Waals surface area contributed by atoms with E-state index in [-0.39, 0.29) is 0 Å². The van der Waals surface area contributed by atoms with Gasteiger partial charge in [0.15, 0.2) is 11.5 Å². The van der Waals surface area contributed by atoms with Crippen molar-refractivity contribution in [2.45, 2.75) is 0 Å². The van der Waals surface area contributed by atoms with E-state index in [4.69, 9.17) is 4.74 Å². The molecule has 7 heteroatoms. The zero-order chi connectivity index (χ0) is 11.0. The molecule has 0 aromatic carbocycles. The quantitative estimate of drug-likeness (QED) is 0.725. The standard InChI is InChI=1S/C9H7N5OS/c1-15-7-3-2-5-8(12-7)13-9(11-5)6-4-10-14-16-6/h2-4H,1H3,(H,11,12,13). The molecular weight excluding hydrogens is 226 g/mol. The average molecular weight is 233 g/mol. The molecule has 3 aromatic heterocycles. The third-order valence-corrected chi connectivity index (χ3v) is 2.80. The first-order valence-corrected chi connectivity index (χ1v) is 5.32. The number of rotatable bonds is 2. The van der Waals surface area contributed by atoms with Crippen LogP contribution in [0.15, 0.2) is 18.3 Å². The molecule has 16 heavy (non-hydrogen) atoms. The maximum Gasteiger partial charge on any atom is 0.215 e. The Hall–Kier alpha value is -2.02. The number of methoxy groups -OCH3 is 1. The number of hydrogen-bond acceptors (Lipinski definition) is 6. The van der Waals surface area contributed by atoms with Gasteiger partial charge in [-0.1, -0.05) is 4.49 Å². The average Bonchev–Trinajstić information content (AvgIpc) is 2.96. The molecule has 0 unspecified atom stereocenters. The first kappa shape index (κ1) is 9.22. The van der Waals surface area contributed by atoms with E-state index in [1.54, 1.807) is 19.4 Å². The molecule has 0 aliphatic rings. The molecule has 1 N–H and O–H groups in total. The molecule has 3 rings (SSSR count). The zero-order valence-electron chi connectivity index (χ0n) is 8.34. The Balaban J connectivity index is 2.16. The van der Waals surface area contributed by atoms with Crippen LogP contribution < -0.4 is 4.74 Å². The molecule has 0 aliphatic carbocycles. The molecular formula is C9H7N5OS. The van der Waals surface area contributed by atoms with Crippen molar-refractivity contribution in [1.29, 1.82) is 0 Å². The second-order valence-corrected chi connectivity index (χ2v) is 3.88. The molecule has 0 spiro atoms. The third kappa shape index (κ3) is 1.41. The van der Waals surface area contributed by atoms with E-state index in [2.05, 4.69) is 24.5 Å². The topological polar surface area (TPSA) is 76.6 Å². The predicted molar refractivity (Wildman–Crippen MR) is 59.3 cm³/mol. The number of nitrogens with zero attached hydrogens (tertiary/aromatic N) is 4. The van der Waals surface area contributed by atoms with Gasteiger partial charge in [0, 0.05) is 6.07 Å². The lowest BCUT2D eigenvalue weighted by atomic mass is 10.4. The summed E-state index contributed by atoms with van der Waals surface area (Å²) in [4.78, 5) is 12.6. The highest BCUT2D eigenvalue weighted by Gasteiger charge is 2.08. The van der Waals surface area contributed by atoms with Gasteiger partial charge < -0.3 is 9.72 Å². The molecule has 0 aliphatic heterocycles. The minimum absolute atomic E-state index is 0.549. The van der Waals surface area contributed by atoms with Gasteiger partial charge >= 0.3 is 0 Å². The number of aromatic amines is 1. The highest BCUT2D eigenvalue weighted by molar-refractivity contribution is 7.09. The lowest BCUT2D eigenvalue weighted by Crippen LogP contribution is -1.86. The first-order chi connectivity index (χ1) is 7.86. The van der Waals surface area contributed by atoms with E-state index < -0.39 is 0 Å². The fourth-order valence-electron chi connectivity index (χ4n) is 1.38. The van der Waals surface area contributed by atoms with Crippen LogP contribution in [0.1, 0.15) is 0 Å². The molecule has 0 saturated heterocycles. The second kappa shape index (κ2) is 3.53. The maximum absolute atomic E-state index is 5.04. The van der Waals surface area contributed by atoms with Gasteiger partial charge in [0.05, 0.1) is 18.8 Å². The molecule has 0 atom stereocenters. The molecule has 6 nitrogen and oxygen atoms in total. The van der Waals surface area contributed by atoms with Crippen LogP contribution in [-0.2, 0) is 0 Å². The van der Waals surface area contributed by atoms with Crippen LogP contribution >= 0.6 is 11.5 Å². The number of nitrogens with one attached hydrogen (secondary N) is 1. The van der Waals surface area contributed by atoms with E-state index >= 15 is 0 Å². The summed E-state index contributed by atoms with van der Waals surface area (Å²) in [5.41, 5.74) is 1.49. The van der Waals surface area contributed by atoms with Crippen LogP contribution in [0.4, 0.5) is 0 Å². The number of ether oxygens (including phenoxy) is 1. The minimum Gasteiger partial charge on any atom is -0.481 e. The molecule has 0 fully saturated rings. The highest BCUT2D eigenvalue weighted by Crippen LogP contribution is 2.22. The van der Waals surface area contributed by atoms with E-state index in [0.29, 0.717) is 11.5 Å². The number of H-pyrrole nitrogens is 1. The molecule has 0 saturated carbocycles. The molecule has 0 bridgehead atoms. The Labute approximate surface area is 94.5 Å². The van der Waals surface area contributed by atoms with E-state index in [9.17, 15) is 0 Å². The monoisotopic (exact) mass is 233 g/mol. The summed E-state index contributed by atoms with van der Waals surface area (Å²) in [6.45, 7) is 0. The van der Waals surface area contributed by atoms with Crippen molar-refractivity contribution in [2.24, 2.45) is 0 Å². The summed E-state index contributed by atoms with van der Waals surface area (Å²) < 4.78 is 8.82. The van der Waals surface area contributed by atoms with Crippen LogP contribution in [0.5, 0.6) is 5.88 Å². The van der Waals surface area contributed by atoms with Crippen molar-refractivity contribution in [3.63, 3.8) is 0 Å². The summed E-state index contributed by atoms with van der Waals surface area (Å²) in [6.07, 6.45) is 1.67. The SMILES string of the molecule is COc1ccc2[nH]c(-c3cnns3)nc2n1. The number of imidazole rings is 1. The van der Waals surface area contributed by atoms with Gasteiger partial charge in [-0.25, -0.2) is 4.98 Å². The lowest BCUT2D eigenvalue weighted by molar-refractivity contribution is 0.399. The van der Waals surface area contributed by atoms with Crippen molar-refractivity contribution >= 4 is 22.7 Å². The Kier molecular flexibility index (Phi) is 2.03. The summed E-state index contributed by atoms with van der Waals surface area (Å²) in [6, 6.07) is 3.67. The van der Waals surface area contributed by atoms with Crippen LogP contribution in [0.2, 0.25) is 0 Å². The summed E-state index contributed by atoms with van der Waals surface area (Å²) >= 11 is 1.29. The van der Waals surface area contributed by atoms with Gasteiger partial charge in [0.2, 0.25) is 5.88 Å². The first-order valence-electron chi connectivity index (χ1n) is 4.55. The fraction of sp³-hybridized carbons (Fsp3) is 0.111. The number of fused-ring (bicyclic) bond motifs is 1. The van der Waals surface area contributed by atoms with Gasteiger partial charge in [-0.15, -0.1) is 5.10 Å². The summed E-state index contributed by atoms with van der Waals surface area (Å²) in [7, 11) is 1.58. The zero-order valence-corrected chi connectivity index (χ0v) is 9.15. The Morgan fingerprint density at radius 1 is 1.31 bits per heavy atom. The van der Waals surface area contributed by atoms with E-state index in [1.807, 2.05) is 6.07 Å². The molecule has 3 heterocycles. The van der Waals surface area contributed by atoms with E-state index in [0.717, 1.165) is 16.2 Å². The molecule has 0 amide bonds. The minimum atomic E-state index is 0.549. The predicted octanol–water partition coefficient (Wildman–Crippen LogP) is 1.48. The van der Waals surface area contributed by atoms with Crippen LogP contribution in [0.25, 0.3) is 21.9 Å². The lowest BCUT2D eigenvalue weighted by Gasteiger charge is -1.95. The van der Waals surface area contributed by atoms with Gasteiger partial charge in [-0.05, 0) is 17.6 Å². The van der Waals surface area contributed by atoms with Crippen molar-refractivity contribution in [2.75, 3.05) is 7.11 Å². The van der Waals surface area contributed by atoms with Gasteiger partial charge in [-0.2, -0.15) is 4.98 Å². The second-order valence-electron chi connectivity index (χ2n) is 3.09. The fourth-order valence-corrected chi connectivity index (χ4v) is 1.84. The number of aromatic nitrogens is 5. The Morgan fingerprint density at radius 3 is 3.00 bits per heavy atom. The van der Waals surface area contributed by atoms with Gasteiger partial charge in [-0.3, -0.25) is 0 Å². The molecule has 0 radical (unpaired) electrons. The van der Waals surface area contributed by atoms with Crippen LogP contribution in [0, 0.1) is 0 Å². The highest BCUT2D eigenvalue weighted by atomic mass is 32.1. The number of pyridine rings is 1. The van der Waals surface area contributed by atoms with Crippen molar-refractivity contribution < 1.29 is 4.74 Å². The van der Waals surface area contributed by atoms with Crippen molar-refractivity contribution in [1.82, 2.24) is 24.5 Å². The normalized spacial score (nSPS) is 10.8. The van der Waals surface area contributed by atoms with Crippen LogP contribution in [0.3, 0.4) is 0 Å². The van der Waals surface area contributed by atoms with Crippen molar-refractivity contribution in [3.05, 3.63) is 18.3 Å². The van der Waals surface area contributed by atoms with Crippen molar-refractivity contribution in [3.8, 4) is 16.6 Å². The van der Waals surface area contributed by atoms with E-state index in [1.165, 1.54) is 11.5 Å². The maximum atomic E-state index is 5.04. The smallest absolute Gasteiger partial charge is 0.215 e. The number of hydrogen-bond donors (Lipinski definition) is 1. The Bertz CT molecular complexity index is 618. The van der Waals surface area contributed by atoms with Crippen LogP contribution in [-0.4, -0.2) is 31.6 Å².